The van der Waals surface area contributed by atoms with Crippen molar-refractivity contribution in [3.8, 4) is 0 Å². The summed E-state index contributed by atoms with van der Waals surface area (Å²) >= 11 is 5.76. The van der Waals surface area contributed by atoms with E-state index in [1.807, 2.05) is 6.92 Å². The molecule has 13 heteroatoms. The Balaban J connectivity index is 1.83. The van der Waals surface area contributed by atoms with Gasteiger partial charge >= 0.3 is 0 Å². The van der Waals surface area contributed by atoms with Crippen molar-refractivity contribution in [2.24, 2.45) is 0 Å². The van der Waals surface area contributed by atoms with Gasteiger partial charge in [0.15, 0.2) is 0 Å². The van der Waals surface area contributed by atoms with Crippen LogP contribution in [-0.2, 0) is 5.34 Å². The highest BCUT2D eigenvalue weighted by molar-refractivity contribution is 6.47. The molecule has 0 unspecified atom stereocenters. The second-order valence-corrected chi connectivity index (χ2v) is 9.02. The molecule has 1 aliphatic rings. The molecule has 1 N–H and O–H groups in total. The number of aryl methyl sites for hydroxylation is 1. The molecule has 2 aromatic rings. The molecular formula is C20H16B6ClF2N3O. The molecule has 0 aliphatic carbocycles. The lowest BCUT2D eigenvalue weighted by Gasteiger charge is -2.60. The number of carbonyl (C=O) groups excluding carboxylic acids is 1. The van der Waals surface area contributed by atoms with E-state index < -0.39 is 52.8 Å². The molecule has 12 radical (unpaired) electrons. The van der Waals surface area contributed by atoms with Gasteiger partial charge in [0.1, 0.15) is 11.5 Å². The second kappa shape index (κ2) is 8.84. The van der Waals surface area contributed by atoms with Gasteiger partial charge in [-0.1, -0.05) is 17.7 Å². The summed E-state index contributed by atoms with van der Waals surface area (Å²) < 4.78 is 29.7. The first-order chi connectivity index (χ1) is 15.1. The fourth-order valence-electron chi connectivity index (χ4n) is 3.73. The minimum atomic E-state index is -2.66. The summed E-state index contributed by atoms with van der Waals surface area (Å²) in [4.78, 5) is 18.1. The Morgan fingerprint density at radius 3 is 2.30 bits per heavy atom. The van der Waals surface area contributed by atoms with Crippen LogP contribution in [0.2, 0.25) is 15.5 Å². The van der Waals surface area contributed by atoms with Gasteiger partial charge in [-0.3, -0.25) is 9.78 Å². The van der Waals surface area contributed by atoms with Crippen molar-refractivity contribution in [1.29, 1.82) is 0 Å². The Hall–Kier alpha value is -1.66. The van der Waals surface area contributed by atoms with Gasteiger partial charge in [-0.25, -0.2) is 8.78 Å². The van der Waals surface area contributed by atoms with Gasteiger partial charge in [0.05, 0.1) is 52.1 Å². The molecule has 1 aromatic carbocycles. The molecule has 1 aromatic heterocycles. The van der Waals surface area contributed by atoms with Crippen LogP contribution in [0.25, 0.3) is 0 Å². The number of hydrogen-bond acceptors (Lipinski definition) is 3. The van der Waals surface area contributed by atoms with E-state index in [1.54, 1.807) is 18.3 Å². The number of amides is 1. The van der Waals surface area contributed by atoms with Crippen LogP contribution in [-0.4, -0.2) is 88.2 Å². The lowest BCUT2D eigenvalue weighted by Crippen LogP contribution is -2.68. The van der Waals surface area contributed by atoms with Crippen molar-refractivity contribution in [3.05, 3.63) is 64.2 Å². The summed E-state index contributed by atoms with van der Waals surface area (Å²) in [6.45, 7) is 0.277. The van der Waals surface area contributed by atoms with E-state index in [0.29, 0.717) is 0 Å². The highest BCUT2D eigenvalue weighted by atomic mass is 35.5. The van der Waals surface area contributed by atoms with E-state index in [-0.39, 0.29) is 16.3 Å². The first kappa shape index (κ1) is 26.0. The predicted molar refractivity (Wildman–Crippen MR) is 130 cm³/mol. The predicted octanol–water partition coefficient (Wildman–Crippen LogP) is 0.990. The Bertz CT molecular complexity index is 1040. The number of carbonyl (C=O) groups is 1. The van der Waals surface area contributed by atoms with Crippen molar-refractivity contribution >= 4 is 64.6 Å². The third-order valence-corrected chi connectivity index (χ3v) is 6.08. The molecule has 4 nitrogen and oxygen atoms in total. The number of rotatable bonds is 5. The number of pyridine rings is 1. The van der Waals surface area contributed by atoms with E-state index >= 15 is 4.39 Å². The Morgan fingerprint density at radius 1 is 1.18 bits per heavy atom. The van der Waals surface area contributed by atoms with Crippen molar-refractivity contribution in [3.63, 3.8) is 0 Å². The second-order valence-electron chi connectivity index (χ2n) is 8.62. The molecule has 33 heavy (non-hydrogen) atoms. The number of likely N-dealkylation sites (tertiary alicyclic amines) is 1. The fourth-order valence-corrected chi connectivity index (χ4v) is 3.91. The van der Waals surface area contributed by atoms with Crippen LogP contribution in [0.4, 0.5) is 8.78 Å². The molecule has 1 amide bonds. The normalized spacial score (nSPS) is 19.2. The maximum absolute atomic E-state index is 16.3. The summed E-state index contributed by atoms with van der Waals surface area (Å²) in [5, 5.41) is -3.79. The minimum absolute atomic E-state index is 0.0332. The highest BCUT2D eigenvalue weighted by Crippen LogP contribution is 2.54. The van der Waals surface area contributed by atoms with Crippen LogP contribution in [0.3, 0.4) is 0 Å². The van der Waals surface area contributed by atoms with Crippen molar-refractivity contribution < 1.29 is 13.6 Å². The number of piperidine rings is 1. The molecule has 2 heterocycles. The van der Waals surface area contributed by atoms with E-state index in [0.717, 1.165) is 22.6 Å². The molecule has 3 rings (SSSR count). The first-order valence-electron chi connectivity index (χ1n) is 9.94. The molecule has 0 saturated carbocycles. The zero-order valence-corrected chi connectivity index (χ0v) is 18.7. The highest BCUT2D eigenvalue weighted by Gasteiger charge is 2.58. The molecule has 0 atom stereocenters. The van der Waals surface area contributed by atoms with Crippen LogP contribution >= 0.6 is 11.6 Å². The van der Waals surface area contributed by atoms with Crippen LogP contribution < -0.4 is 5.32 Å². The maximum Gasteiger partial charge on any atom is 0.253 e. The molecule has 1 saturated heterocycles. The molecular weight excluding hydrogens is 437 g/mol. The number of nitrogens with zero attached hydrogens (tertiary/aromatic N) is 2. The van der Waals surface area contributed by atoms with Crippen LogP contribution in [0.1, 0.15) is 21.6 Å². The van der Waals surface area contributed by atoms with Crippen LogP contribution in [0.15, 0.2) is 36.5 Å². The van der Waals surface area contributed by atoms with E-state index in [1.165, 1.54) is 6.07 Å². The van der Waals surface area contributed by atoms with Gasteiger partial charge in [-0.05, 0) is 52.5 Å². The van der Waals surface area contributed by atoms with Gasteiger partial charge in [0.2, 0.25) is 0 Å². The maximum atomic E-state index is 16.3. The Kier molecular flexibility index (Phi) is 6.96. The largest absolute Gasteiger partial charge is 0.340 e. The summed E-state index contributed by atoms with van der Waals surface area (Å²) in [5.74, 6) is -1.35. The number of benzene rings is 1. The number of alkyl halides is 1. The number of aromatic nitrogens is 1. The van der Waals surface area contributed by atoms with Gasteiger partial charge in [-0.15, -0.1) is 0 Å². The molecule has 1 aliphatic heterocycles. The lowest BCUT2D eigenvalue weighted by atomic mass is 9.31. The number of halogens is 3. The quantitative estimate of drug-likeness (QED) is 0.689. The Morgan fingerprint density at radius 2 is 1.79 bits per heavy atom. The summed E-state index contributed by atoms with van der Waals surface area (Å²) in [6, 6.07) is 6.70. The van der Waals surface area contributed by atoms with E-state index in [9.17, 15) is 9.18 Å². The topological polar surface area (TPSA) is 45.2 Å². The monoisotopic (exact) mass is 453 g/mol. The minimum Gasteiger partial charge on any atom is -0.340 e. The fraction of sp³-hybridized carbons (Fsp3) is 0.400. The number of hydrogen-bond donors (Lipinski definition) is 1. The average molecular weight is 453 g/mol. The summed E-state index contributed by atoms with van der Waals surface area (Å²) in [6.07, 6.45) is 1.55. The zero-order chi connectivity index (χ0) is 24.8. The van der Waals surface area contributed by atoms with E-state index in [4.69, 9.17) is 58.7 Å². The van der Waals surface area contributed by atoms with Crippen molar-refractivity contribution in [1.82, 2.24) is 15.2 Å². The zero-order valence-electron chi connectivity index (χ0n) is 18.0. The first-order valence-corrected chi connectivity index (χ1v) is 10.3. The van der Waals surface area contributed by atoms with Crippen molar-refractivity contribution in [2.45, 2.75) is 28.4 Å². The SMILES string of the molecule is [B]C([B])(NCC1(F)C([B])([B])CN(C(=O)c2ccc(F)c(Cl)c2)CC1([B])[B])c1ccc(C)cn1. The van der Waals surface area contributed by atoms with E-state index in [2.05, 4.69) is 10.3 Å². The van der Waals surface area contributed by atoms with Gasteiger partial charge in [0.25, 0.3) is 5.91 Å². The lowest BCUT2D eigenvalue weighted by molar-refractivity contribution is 0.0236. The number of nitrogens with one attached hydrogen (secondary N) is 1. The van der Waals surface area contributed by atoms with Crippen molar-refractivity contribution in [2.75, 3.05) is 19.6 Å². The molecule has 156 valence electrons. The van der Waals surface area contributed by atoms with Crippen LogP contribution in [0, 0.1) is 12.7 Å². The summed E-state index contributed by atoms with van der Waals surface area (Å²) in [7, 11) is 36.6. The standard InChI is InChI=1S/C20H16B6ClF2N3O/c1-11-2-5-15(30-7-11)20(25,26)31-8-17(29)18(21,22)9-32(10-19(17,23)24)16(33)12-3-4-14(28)13(27)6-12/h2-7,31H,8-10H2,1H3. The van der Waals surface area contributed by atoms with Gasteiger partial charge in [0, 0.05) is 37.1 Å². The van der Waals surface area contributed by atoms with Crippen LogP contribution in [0.5, 0.6) is 0 Å². The molecule has 0 bridgehead atoms. The smallest absolute Gasteiger partial charge is 0.253 e. The summed E-state index contributed by atoms with van der Waals surface area (Å²) in [5.41, 5.74) is -1.52. The molecule has 0 spiro atoms. The van der Waals surface area contributed by atoms with Gasteiger partial charge < -0.3 is 10.2 Å². The Labute approximate surface area is 205 Å². The molecule has 1 fully saturated rings. The van der Waals surface area contributed by atoms with Gasteiger partial charge in [-0.2, -0.15) is 0 Å². The third kappa shape index (κ3) is 4.92. The average Bonchev–Trinajstić information content (AvgIpc) is 2.72. The third-order valence-electron chi connectivity index (χ3n) is 5.79.